The van der Waals surface area contributed by atoms with Gasteiger partial charge in [0.2, 0.25) is 0 Å². The van der Waals surface area contributed by atoms with Crippen molar-refractivity contribution in [3.05, 3.63) is 35.4 Å². The number of esters is 1. The number of ether oxygens (including phenoxy) is 1. The van der Waals surface area contributed by atoms with Crippen LogP contribution in [-0.4, -0.2) is 18.6 Å². The molecule has 0 aromatic heterocycles. The van der Waals surface area contributed by atoms with Crippen LogP contribution >= 0.6 is 0 Å². The normalized spacial score (nSPS) is 18.5. The van der Waals surface area contributed by atoms with E-state index in [0.29, 0.717) is 0 Å². The molecule has 0 fully saturated rings. The smallest absolute Gasteiger partial charge is 0.320 e. The molecular formula is C15H21NO2. The van der Waals surface area contributed by atoms with Crippen LogP contribution in [0.3, 0.4) is 0 Å². The Hall–Kier alpha value is -1.35. The van der Waals surface area contributed by atoms with E-state index < -0.39 is 0 Å². The highest BCUT2D eigenvalue weighted by Gasteiger charge is 2.20. The number of nitrogens with one attached hydrogen (secondary N) is 1. The van der Waals surface area contributed by atoms with E-state index >= 15 is 0 Å². The Morgan fingerprint density at radius 2 is 2.22 bits per heavy atom. The van der Waals surface area contributed by atoms with Gasteiger partial charge in [0.15, 0.2) is 0 Å². The van der Waals surface area contributed by atoms with Gasteiger partial charge < -0.3 is 10.1 Å². The van der Waals surface area contributed by atoms with E-state index in [0.717, 1.165) is 12.8 Å². The van der Waals surface area contributed by atoms with E-state index in [9.17, 15) is 4.79 Å². The molecule has 0 radical (unpaired) electrons. The van der Waals surface area contributed by atoms with E-state index in [1.54, 1.807) is 0 Å². The summed E-state index contributed by atoms with van der Waals surface area (Å²) in [6.07, 6.45) is 3.36. The highest BCUT2D eigenvalue weighted by Crippen LogP contribution is 2.29. The third kappa shape index (κ3) is 3.33. The summed E-state index contributed by atoms with van der Waals surface area (Å²) in [6.45, 7) is 4.03. The van der Waals surface area contributed by atoms with E-state index in [2.05, 4.69) is 29.6 Å². The maximum atomic E-state index is 11.5. The molecular weight excluding hydrogens is 226 g/mol. The van der Waals surface area contributed by atoms with Crippen LogP contribution in [0.4, 0.5) is 0 Å². The molecule has 0 heterocycles. The Bertz CT molecular complexity index is 415. The van der Waals surface area contributed by atoms with Crippen molar-refractivity contribution in [3.63, 3.8) is 0 Å². The minimum absolute atomic E-state index is 0.0436. The van der Waals surface area contributed by atoms with Crippen LogP contribution in [0.25, 0.3) is 0 Å². The lowest BCUT2D eigenvalue weighted by Crippen LogP contribution is -2.31. The molecule has 1 aliphatic rings. The van der Waals surface area contributed by atoms with E-state index in [4.69, 9.17) is 4.74 Å². The first-order chi connectivity index (χ1) is 8.66. The van der Waals surface area contributed by atoms with Gasteiger partial charge >= 0.3 is 5.97 Å². The van der Waals surface area contributed by atoms with Gasteiger partial charge in [-0.05, 0) is 44.2 Å². The third-order valence-electron chi connectivity index (χ3n) is 3.23. The van der Waals surface area contributed by atoms with Crippen molar-refractivity contribution in [3.8, 4) is 0 Å². The van der Waals surface area contributed by atoms with Crippen LogP contribution < -0.4 is 5.32 Å². The Morgan fingerprint density at radius 1 is 1.44 bits per heavy atom. The topological polar surface area (TPSA) is 38.3 Å². The van der Waals surface area contributed by atoms with Crippen molar-refractivity contribution in [2.45, 2.75) is 45.3 Å². The van der Waals surface area contributed by atoms with Crippen LogP contribution in [0, 0.1) is 0 Å². The molecule has 1 aliphatic carbocycles. The van der Waals surface area contributed by atoms with Gasteiger partial charge in [0.1, 0.15) is 0 Å². The monoisotopic (exact) mass is 247 g/mol. The predicted molar refractivity (Wildman–Crippen MR) is 71.4 cm³/mol. The Kier molecular flexibility index (Phi) is 4.37. The number of hydrogen-bond acceptors (Lipinski definition) is 3. The van der Waals surface area contributed by atoms with Gasteiger partial charge in [-0.15, -0.1) is 0 Å². The molecule has 98 valence electrons. The minimum atomic E-state index is -0.173. The second kappa shape index (κ2) is 6.01. The van der Waals surface area contributed by atoms with Crippen molar-refractivity contribution in [1.82, 2.24) is 5.32 Å². The van der Waals surface area contributed by atoms with Gasteiger partial charge in [-0.1, -0.05) is 24.3 Å². The number of fused-ring (bicyclic) bond motifs is 1. The van der Waals surface area contributed by atoms with Crippen molar-refractivity contribution < 1.29 is 9.53 Å². The standard InChI is InChI=1S/C15H21NO2/c1-11(2)18-15(17)10-16-14-9-5-7-12-6-3-4-8-13(12)14/h3-4,6,8,11,14,16H,5,7,9-10H2,1-2H3. The van der Waals surface area contributed by atoms with Gasteiger partial charge in [-0.2, -0.15) is 0 Å². The molecule has 0 aliphatic heterocycles. The zero-order chi connectivity index (χ0) is 13.0. The molecule has 3 nitrogen and oxygen atoms in total. The zero-order valence-corrected chi connectivity index (χ0v) is 11.1. The predicted octanol–water partition coefficient (Wildman–Crippen LogP) is 2.61. The van der Waals surface area contributed by atoms with Crippen LogP contribution in [0.2, 0.25) is 0 Å². The number of aryl methyl sites for hydroxylation is 1. The summed E-state index contributed by atoms with van der Waals surface area (Å²) in [5, 5.41) is 3.31. The second-order valence-electron chi connectivity index (χ2n) is 5.06. The minimum Gasteiger partial charge on any atom is -0.462 e. The summed E-state index contributed by atoms with van der Waals surface area (Å²) in [5.41, 5.74) is 2.74. The SMILES string of the molecule is CC(C)OC(=O)CNC1CCCc2ccccc21. The molecule has 18 heavy (non-hydrogen) atoms. The molecule has 1 unspecified atom stereocenters. The fourth-order valence-corrected chi connectivity index (χ4v) is 2.48. The fourth-order valence-electron chi connectivity index (χ4n) is 2.48. The summed E-state index contributed by atoms with van der Waals surface area (Å²) in [4.78, 5) is 11.5. The molecule has 0 spiro atoms. The van der Waals surface area contributed by atoms with Crippen LogP contribution in [0.1, 0.15) is 43.9 Å². The third-order valence-corrected chi connectivity index (χ3v) is 3.23. The van der Waals surface area contributed by atoms with Crippen LogP contribution in [0.15, 0.2) is 24.3 Å². The lowest BCUT2D eigenvalue weighted by molar-refractivity contribution is -0.146. The number of benzene rings is 1. The zero-order valence-electron chi connectivity index (χ0n) is 11.1. The summed E-state index contributed by atoms with van der Waals surface area (Å²) in [7, 11) is 0. The molecule has 0 saturated carbocycles. The number of carbonyl (C=O) groups excluding carboxylic acids is 1. The number of carbonyl (C=O) groups is 1. The van der Waals surface area contributed by atoms with Gasteiger partial charge in [0.05, 0.1) is 12.6 Å². The highest BCUT2D eigenvalue weighted by molar-refractivity contribution is 5.71. The van der Waals surface area contributed by atoms with Gasteiger partial charge in [0, 0.05) is 6.04 Å². The Balaban J connectivity index is 1.93. The van der Waals surface area contributed by atoms with Crippen molar-refractivity contribution >= 4 is 5.97 Å². The first-order valence-corrected chi connectivity index (χ1v) is 6.67. The Labute approximate surface area is 109 Å². The van der Waals surface area contributed by atoms with Gasteiger partial charge in [0.25, 0.3) is 0 Å². The molecule has 3 heteroatoms. The highest BCUT2D eigenvalue weighted by atomic mass is 16.5. The second-order valence-corrected chi connectivity index (χ2v) is 5.06. The van der Waals surface area contributed by atoms with Crippen LogP contribution in [0.5, 0.6) is 0 Å². The van der Waals surface area contributed by atoms with Crippen molar-refractivity contribution in [2.75, 3.05) is 6.54 Å². The molecule has 0 bridgehead atoms. The summed E-state index contributed by atoms with van der Waals surface area (Å²) < 4.78 is 5.13. The summed E-state index contributed by atoms with van der Waals surface area (Å²) >= 11 is 0. The van der Waals surface area contributed by atoms with Gasteiger partial charge in [-0.3, -0.25) is 4.79 Å². The van der Waals surface area contributed by atoms with Crippen molar-refractivity contribution in [1.29, 1.82) is 0 Å². The quantitative estimate of drug-likeness (QED) is 0.831. The molecule has 0 saturated heterocycles. The van der Waals surface area contributed by atoms with E-state index in [-0.39, 0.29) is 24.7 Å². The number of rotatable bonds is 4. The van der Waals surface area contributed by atoms with E-state index in [1.165, 1.54) is 17.5 Å². The largest absolute Gasteiger partial charge is 0.462 e. The molecule has 1 N–H and O–H groups in total. The molecule has 0 amide bonds. The molecule has 1 aromatic rings. The summed E-state index contributed by atoms with van der Waals surface area (Å²) in [5.74, 6) is -0.173. The lowest BCUT2D eigenvalue weighted by atomic mass is 9.88. The molecule has 1 atom stereocenters. The fraction of sp³-hybridized carbons (Fsp3) is 0.533. The molecule has 1 aromatic carbocycles. The van der Waals surface area contributed by atoms with Crippen molar-refractivity contribution in [2.24, 2.45) is 0 Å². The first-order valence-electron chi connectivity index (χ1n) is 6.67. The number of hydrogen-bond donors (Lipinski definition) is 1. The maximum absolute atomic E-state index is 11.5. The average Bonchev–Trinajstić information content (AvgIpc) is 2.35. The van der Waals surface area contributed by atoms with E-state index in [1.807, 2.05) is 13.8 Å². The Morgan fingerprint density at radius 3 is 3.00 bits per heavy atom. The van der Waals surface area contributed by atoms with Gasteiger partial charge in [-0.25, -0.2) is 0 Å². The maximum Gasteiger partial charge on any atom is 0.320 e. The lowest BCUT2D eigenvalue weighted by Gasteiger charge is -2.26. The van der Waals surface area contributed by atoms with Crippen LogP contribution in [-0.2, 0) is 16.0 Å². The average molecular weight is 247 g/mol. The summed E-state index contributed by atoms with van der Waals surface area (Å²) in [6, 6.07) is 8.75. The molecule has 2 rings (SSSR count). The first kappa shape index (κ1) is 13.1.